The van der Waals surface area contributed by atoms with Gasteiger partial charge in [-0.25, -0.2) is 4.79 Å². The summed E-state index contributed by atoms with van der Waals surface area (Å²) < 4.78 is 14.8. The second-order valence-corrected chi connectivity index (χ2v) is 4.73. The van der Waals surface area contributed by atoms with E-state index in [0.717, 1.165) is 0 Å². The molecule has 1 atom stereocenters. The molecule has 2 aromatic rings. The molecule has 0 saturated heterocycles. The van der Waals surface area contributed by atoms with Crippen molar-refractivity contribution >= 4 is 17.8 Å². The van der Waals surface area contributed by atoms with Crippen LogP contribution < -0.4 is 10.1 Å². The molecule has 8 heteroatoms. The van der Waals surface area contributed by atoms with Crippen molar-refractivity contribution in [2.24, 2.45) is 0 Å². The number of carbonyl (C=O) groups is 2. The van der Waals surface area contributed by atoms with Crippen LogP contribution in [0.3, 0.4) is 0 Å². The number of hydrogen-bond acceptors (Lipinski definition) is 7. The number of carbonyl (C=O) groups excluding carboxylic acids is 2. The third-order valence-corrected chi connectivity index (χ3v) is 2.97. The van der Waals surface area contributed by atoms with Crippen LogP contribution in [0.4, 0.5) is 5.88 Å². The van der Waals surface area contributed by atoms with Gasteiger partial charge >= 0.3 is 5.97 Å². The van der Waals surface area contributed by atoms with Gasteiger partial charge in [0.1, 0.15) is 5.56 Å². The summed E-state index contributed by atoms with van der Waals surface area (Å²) in [7, 11) is 1.36. The molecule has 1 amide bonds. The predicted molar refractivity (Wildman–Crippen MR) is 79.4 cm³/mol. The Morgan fingerprint density at radius 2 is 2.13 bits per heavy atom. The van der Waals surface area contributed by atoms with E-state index in [2.05, 4.69) is 10.5 Å². The third kappa shape index (κ3) is 3.79. The van der Waals surface area contributed by atoms with Crippen molar-refractivity contribution < 1.29 is 28.7 Å². The fourth-order valence-electron chi connectivity index (χ4n) is 1.77. The molecule has 8 nitrogen and oxygen atoms in total. The minimum Gasteiger partial charge on any atom is -0.504 e. The van der Waals surface area contributed by atoms with Crippen LogP contribution in [-0.2, 0) is 9.53 Å². The van der Waals surface area contributed by atoms with Crippen LogP contribution in [0, 0.1) is 6.92 Å². The van der Waals surface area contributed by atoms with Gasteiger partial charge < -0.3 is 19.1 Å². The number of methoxy groups -OCH3 is 1. The van der Waals surface area contributed by atoms with Crippen molar-refractivity contribution in [3.63, 3.8) is 0 Å². The zero-order chi connectivity index (χ0) is 17.0. The first-order valence-electron chi connectivity index (χ1n) is 6.73. The van der Waals surface area contributed by atoms with Crippen LogP contribution in [0.2, 0.25) is 0 Å². The summed E-state index contributed by atoms with van der Waals surface area (Å²) in [6, 6.07) is 5.91. The van der Waals surface area contributed by atoms with Gasteiger partial charge in [-0.2, -0.15) is 0 Å². The quantitative estimate of drug-likeness (QED) is 0.809. The molecule has 0 aliphatic carbocycles. The molecular formula is C15H16N2O6. The zero-order valence-electron chi connectivity index (χ0n) is 12.8. The fourth-order valence-corrected chi connectivity index (χ4v) is 1.77. The molecule has 0 bridgehead atoms. The number of ether oxygens (including phenoxy) is 2. The van der Waals surface area contributed by atoms with E-state index < -0.39 is 18.0 Å². The lowest BCUT2D eigenvalue weighted by atomic mass is 10.2. The highest BCUT2D eigenvalue weighted by Crippen LogP contribution is 2.30. The summed E-state index contributed by atoms with van der Waals surface area (Å²) in [5, 5.41) is 15.9. The lowest BCUT2D eigenvalue weighted by Crippen LogP contribution is -2.29. The number of phenolic OH excluding ortho intramolecular Hbond substituents is 1. The molecule has 2 rings (SSSR count). The smallest absolute Gasteiger partial charge is 0.342 e. The lowest BCUT2D eigenvalue weighted by molar-refractivity contribution is -0.123. The summed E-state index contributed by atoms with van der Waals surface area (Å²) in [6.07, 6.45) is -1.10. The molecule has 0 fully saturated rings. The average Bonchev–Trinajstić information content (AvgIpc) is 2.92. The maximum atomic E-state index is 12.1. The maximum Gasteiger partial charge on any atom is 0.342 e. The Balaban J connectivity index is 2.03. The monoisotopic (exact) mass is 320 g/mol. The molecule has 0 radical (unpaired) electrons. The van der Waals surface area contributed by atoms with Crippen molar-refractivity contribution in [3.8, 4) is 11.5 Å². The normalized spacial score (nSPS) is 11.6. The van der Waals surface area contributed by atoms with E-state index in [1.807, 2.05) is 0 Å². The largest absolute Gasteiger partial charge is 0.504 e. The number of para-hydroxylation sites is 1. The van der Waals surface area contributed by atoms with E-state index in [0.29, 0.717) is 5.69 Å². The van der Waals surface area contributed by atoms with E-state index in [1.165, 1.54) is 38.3 Å². The number of rotatable bonds is 5. The van der Waals surface area contributed by atoms with Gasteiger partial charge in [-0.1, -0.05) is 11.2 Å². The predicted octanol–water partition coefficient (Wildman–Crippen LogP) is 1.88. The lowest BCUT2D eigenvalue weighted by Gasteiger charge is -2.13. The van der Waals surface area contributed by atoms with Gasteiger partial charge in [-0.15, -0.1) is 0 Å². The first kappa shape index (κ1) is 16.3. The molecule has 1 aromatic heterocycles. The first-order chi connectivity index (χ1) is 10.9. The Labute approximate surface area is 132 Å². The molecule has 1 aromatic carbocycles. The van der Waals surface area contributed by atoms with Gasteiger partial charge in [0.2, 0.25) is 5.88 Å². The Bertz CT molecular complexity index is 725. The van der Waals surface area contributed by atoms with Crippen LogP contribution in [0.5, 0.6) is 11.5 Å². The number of benzene rings is 1. The van der Waals surface area contributed by atoms with Crippen LogP contribution in [0.15, 0.2) is 28.8 Å². The summed E-state index contributed by atoms with van der Waals surface area (Å²) in [5.41, 5.74) is 0.505. The van der Waals surface area contributed by atoms with Crippen molar-refractivity contribution in [1.29, 1.82) is 0 Å². The van der Waals surface area contributed by atoms with Gasteiger partial charge in [0.15, 0.2) is 17.6 Å². The molecule has 1 heterocycles. The summed E-state index contributed by atoms with van der Waals surface area (Å²) in [6.45, 7) is 3.10. The number of nitrogens with one attached hydrogen (secondary N) is 1. The number of anilines is 1. The van der Waals surface area contributed by atoms with E-state index in [-0.39, 0.29) is 22.9 Å². The number of esters is 1. The Kier molecular flexibility index (Phi) is 4.85. The molecule has 0 spiro atoms. The molecule has 2 N–H and O–H groups in total. The zero-order valence-corrected chi connectivity index (χ0v) is 12.8. The molecule has 0 aliphatic heterocycles. The molecule has 23 heavy (non-hydrogen) atoms. The second kappa shape index (κ2) is 6.82. The van der Waals surface area contributed by atoms with Crippen molar-refractivity contribution in [2.75, 3.05) is 12.4 Å². The molecule has 0 unspecified atom stereocenters. The van der Waals surface area contributed by atoms with Gasteiger partial charge in [0.05, 0.1) is 12.8 Å². The number of aryl methyl sites for hydroxylation is 1. The summed E-state index contributed by atoms with van der Waals surface area (Å²) in [4.78, 5) is 24.0. The minimum absolute atomic E-state index is 0.0977. The molecule has 0 saturated carbocycles. The molecular weight excluding hydrogens is 304 g/mol. The highest BCUT2D eigenvalue weighted by Gasteiger charge is 2.23. The third-order valence-electron chi connectivity index (χ3n) is 2.97. The average molecular weight is 320 g/mol. The van der Waals surface area contributed by atoms with Gasteiger partial charge in [-0.05, 0) is 26.0 Å². The standard InChI is InChI=1S/C15H16N2O6/c1-8-7-12(23-17-8)16-14(19)9(2)22-15(20)10-5-4-6-11(21-3)13(10)18/h4-7,9,18H,1-3H3,(H,16,19)/t9-/m0/s1. The topological polar surface area (TPSA) is 111 Å². The highest BCUT2D eigenvalue weighted by atomic mass is 16.5. The van der Waals surface area contributed by atoms with E-state index in [4.69, 9.17) is 14.0 Å². The van der Waals surface area contributed by atoms with Crippen LogP contribution in [0.1, 0.15) is 23.0 Å². The Morgan fingerprint density at radius 3 is 2.74 bits per heavy atom. The molecule has 0 aliphatic rings. The van der Waals surface area contributed by atoms with Gasteiger partial charge in [0.25, 0.3) is 5.91 Å². The Morgan fingerprint density at radius 1 is 1.39 bits per heavy atom. The van der Waals surface area contributed by atoms with Crippen molar-refractivity contribution in [2.45, 2.75) is 20.0 Å². The molecule has 122 valence electrons. The number of phenols is 1. The van der Waals surface area contributed by atoms with E-state index in [9.17, 15) is 14.7 Å². The number of amides is 1. The number of aromatic hydroxyl groups is 1. The highest BCUT2D eigenvalue weighted by molar-refractivity contribution is 5.98. The van der Waals surface area contributed by atoms with Gasteiger partial charge in [-0.3, -0.25) is 10.1 Å². The number of nitrogens with zero attached hydrogens (tertiary/aromatic N) is 1. The Hall–Kier alpha value is -3.03. The van der Waals surface area contributed by atoms with Crippen molar-refractivity contribution in [1.82, 2.24) is 5.16 Å². The van der Waals surface area contributed by atoms with Crippen LogP contribution >= 0.6 is 0 Å². The van der Waals surface area contributed by atoms with Crippen LogP contribution in [-0.4, -0.2) is 35.4 Å². The number of aromatic nitrogens is 1. The summed E-state index contributed by atoms with van der Waals surface area (Å²) >= 11 is 0. The number of hydrogen-bond donors (Lipinski definition) is 2. The maximum absolute atomic E-state index is 12.1. The van der Waals surface area contributed by atoms with Crippen molar-refractivity contribution in [3.05, 3.63) is 35.5 Å². The first-order valence-corrected chi connectivity index (χ1v) is 6.73. The minimum atomic E-state index is -1.10. The van der Waals surface area contributed by atoms with E-state index >= 15 is 0 Å². The van der Waals surface area contributed by atoms with E-state index in [1.54, 1.807) is 6.92 Å². The summed E-state index contributed by atoms with van der Waals surface area (Å²) in [5.74, 6) is -1.50. The second-order valence-electron chi connectivity index (χ2n) is 4.73. The SMILES string of the molecule is COc1cccc(C(=O)O[C@@H](C)C(=O)Nc2cc(C)no2)c1O. The fraction of sp³-hybridized carbons (Fsp3) is 0.267. The van der Waals surface area contributed by atoms with Gasteiger partial charge in [0, 0.05) is 6.07 Å². The van der Waals surface area contributed by atoms with Crippen LogP contribution in [0.25, 0.3) is 0 Å².